The fourth-order valence-corrected chi connectivity index (χ4v) is 3.32. The Kier molecular flexibility index (Phi) is 4.66. The number of para-hydroxylation sites is 1. The molecular formula is C20H19FN2O4. The minimum atomic E-state index is -0.505. The topological polar surface area (TPSA) is 67.9 Å². The highest BCUT2D eigenvalue weighted by atomic mass is 19.1. The highest BCUT2D eigenvalue weighted by molar-refractivity contribution is 6.00. The van der Waals surface area contributed by atoms with Gasteiger partial charge in [0.25, 0.3) is 0 Å². The average Bonchev–Trinajstić information content (AvgIpc) is 3.08. The summed E-state index contributed by atoms with van der Waals surface area (Å²) in [6, 6.07) is 11.6. The van der Waals surface area contributed by atoms with Crippen molar-refractivity contribution in [2.45, 2.75) is 13.0 Å². The van der Waals surface area contributed by atoms with Gasteiger partial charge < -0.3 is 19.7 Å². The maximum Gasteiger partial charge on any atom is 0.227 e. The highest BCUT2D eigenvalue weighted by Crippen LogP contribution is 2.31. The molecule has 0 aromatic heterocycles. The molecule has 2 aromatic rings. The van der Waals surface area contributed by atoms with Crippen LogP contribution in [0.4, 0.5) is 10.1 Å². The van der Waals surface area contributed by atoms with Gasteiger partial charge in [0.2, 0.25) is 11.8 Å². The lowest BCUT2D eigenvalue weighted by Crippen LogP contribution is -2.32. The largest absolute Gasteiger partial charge is 0.486 e. The Bertz CT molecular complexity index is 886. The van der Waals surface area contributed by atoms with Gasteiger partial charge in [0.15, 0.2) is 11.5 Å². The van der Waals surface area contributed by atoms with E-state index in [1.165, 1.54) is 11.0 Å². The van der Waals surface area contributed by atoms with Crippen LogP contribution in [0.5, 0.6) is 11.5 Å². The van der Waals surface area contributed by atoms with Crippen molar-refractivity contribution in [1.82, 2.24) is 5.32 Å². The number of carbonyl (C=O) groups is 2. The van der Waals surface area contributed by atoms with Gasteiger partial charge in [-0.1, -0.05) is 18.2 Å². The fourth-order valence-electron chi connectivity index (χ4n) is 3.32. The van der Waals surface area contributed by atoms with E-state index in [-0.39, 0.29) is 30.5 Å². The maximum absolute atomic E-state index is 13.9. The van der Waals surface area contributed by atoms with Crippen LogP contribution in [0.1, 0.15) is 12.0 Å². The van der Waals surface area contributed by atoms with Gasteiger partial charge in [0.05, 0.1) is 11.6 Å². The first-order chi connectivity index (χ1) is 13.1. The zero-order valence-electron chi connectivity index (χ0n) is 14.6. The summed E-state index contributed by atoms with van der Waals surface area (Å²) in [6.45, 7) is 1.52. The predicted molar refractivity (Wildman–Crippen MR) is 96.1 cm³/mol. The second-order valence-electron chi connectivity index (χ2n) is 6.55. The van der Waals surface area contributed by atoms with E-state index in [9.17, 15) is 14.0 Å². The van der Waals surface area contributed by atoms with E-state index < -0.39 is 11.7 Å². The first-order valence-electron chi connectivity index (χ1n) is 8.83. The number of nitrogens with zero attached hydrogens (tertiary/aromatic N) is 1. The molecule has 1 atom stereocenters. The van der Waals surface area contributed by atoms with Crippen LogP contribution in [-0.4, -0.2) is 31.6 Å². The van der Waals surface area contributed by atoms with Crippen molar-refractivity contribution in [3.05, 3.63) is 53.8 Å². The van der Waals surface area contributed by atoms with E-state index in [4.69, 9.17) is 9.47 Å². The summed E-state index contributed by atoms with van der Waals surface area (Å²) in [5, 5.41) is 2.85. The van der Waals surface area contributed by atoms with E-state index in [0.29, 0.717) is 31.3 Å². The van der Waals surface area contributed by atoms with E-state index in [0.717, 1.165) is 5.56 Å². The summed E-state index contributed by atoms with van der Waals surface area (Å²) in [7, 11) is 0. The molecule has 1 saturated heterocycles. The van der Waals surface area contributed by atoms with E-state index in [2.05, 4.69) is 5.32 Å². The van der Waals surface area contributed by atoms with Gasteiger partial charge in [-0.25, -0.2) is 4.39 Å². The first-order valence-corrected chi connectivity index (χ1v) is 8.83. The van der Waals surface area contributed by atoms with Crippen molar-refractivity contribution in [1.29, 1.82) is 0 Å². The normalized spacial score (nSPS) is 18.5. The number of nitrogens with one attached hydrogen (secondary N) is 1. The Morgan fingerprint density at radius 3 is 2.74 bits per heavy atom. The number of halogens is 1. The van der Waals surface area contributed by atoms with Crippen molar-refractivity contribution < 1.29 is 23.5 Å². The Morgan fingerprint density at radius 1 is 1.15 bits per heavy atom. The third-order valence-corrected chi connectivity index (χ3v) is 4.71. The number of anilines is 1. The van der Waals surface area contributed by atoms with Crippen LogP contribution >= 0.6 is 0 Å². The van der Waals surface area contributed by atoms with Gasteiger partial charge in [0, 0.05) is 19.5 Å². The van der Waals surface area contributed by atoms with Crippen LogP contribution < -0.4 is 19.7 Å². The van der Waals surface area contributed by atoms with Crippen molar-refractivity contribution in [2.75, 3.05) is 24.7 Å². The van der Waals surface area contributed by atoms with Crippen LogP contribution in [0, 0.1) is 11.7 Å². The molecule has 0 bridgehead atoms. The highest BCUT2D eigenvalue weighted by Gasteiger charge is 2.36. The third kappa shape index (κ3) is 3.58. The standard InChI is InChI=1S/C20H19FN2O4/c21-15-3-1-2-4-16(15)23-12-14(10-19(23)24)20(25)22-11-13-5-6-17-18(9-13)27-8-7-26-17/h1-6,9,14H,7-8,10-12H2,(H,22,25)/t14-/m1/s1. The molecule has 2 aliphatic rings. The Balaban J connectivity index is 1.38. The third-order valence-electron chi connectivity index (χ3n) is 4.71. The Hall–Kier alpha value is -3.09. The van der Waals surface area contributed by atoms with Gasteiger partial charge in [-0.2, -0.15) is 0 Å². The molecule has 4 rings (SSSR count). The van der Waals surface area contributed by atoms with Gasteiger partial charge in [-0.3, -0.25) is 9.59 Å². The summed E-state index contributed by atoms with van der Waals surface area (Å²) < 4.78 is 24.9. The van der Waals surface area contributed by atoms with Gasteiger partial charge in [-0.05, 0) is 29.8 Å². The smallest absolute Gasteiger partial charge is 0.227 e. The number of hydrogen-bond donors (Lipinski definition) is 1. The minimum absolute atomic E-state index is 0.0707. The molecule has 1 N–H and O–H groups in total. The lowest BCUT2D eigenvalue weighted by atomic mass is 10.1. The van der Waals surface area contributed by atoms with Crippen LogP contribution in [0.2, 0.25) is 0 Å². The molecule has 140 valence electrons. The number of hydrogen-bond acceptors (Lipinski definition) is 4. The summed E-state index contributed by atoms with van der Waals surface area (Å²) >= 11 is 0. The second-order valence-corrected chi connectivity index (χ2v) is 6.55. The quantitative estimate of drug-likeness (QED) is 0.897. The molecule has 2 heterocycles. The molecule has 0 saturated carbocycles. The lowest BCUT2D eigenvalue weighted by molar-refractivity contribution is -0.126. The van der Waals surface area contributed by atoms with Gasteiger partial charge in [0.1, 0.15) is 19.0 Å². The number of carbonyl (C=O) groups excluding carboxylic acids is 2. The summed E-state index contributed by atoms with van der Waals surface area (Å²) in [4.78, 5) is 26.0. The number of amides is 2. The van der Waals surface area contributed by atoms with Crippen molar-refractivity contribution in [3.63, 3.8) is 0 Å². The predicted octanol–water partition coefficient (Wildman–Crippen LogP) is 2.27. The molecule has 0 aliphatic carbocycles. The molecule has 2 aromatic carbocycles. The lowest BCUT2D eigenvalue weighted by Gasteiger charge is -2.19. The van der Waals surface area contributed by atoms with Crippen LogP contribution in [-0.2, 0) is 16.1 Å². The molecule has 2 aliphatic heterocycles. The zero-order chi connectivity index (χ0) is 18.8. The number of benzene rings is 2. The van der Waals surface area contributed by atoms with E-state index in [1.807, 2.05) is 18.2 Å². The summed E-state index contributed by atoms with van der Waals surface area (Å²) in [5.74, 6) is -0.0952. The average molecular weight is 370 g/mol. The van der Waals surface area contributed by atoms with Crippen LogP contribution in [0.25, 0.3) is 0 Å². The fraction of sp³-hybridized carbons (Fsp3) is 0.300. The molecule has 7 heteroatoms. The van der Waals surface area contributed by atoms with Crippen LogP contribution in [0.15, 0.2) is 42.5 Å². The molecule has 0 radical (unpaired) electrons. The molecule has 27 heavy (non-hydrogen) atoms. The van der Waals surface area contributed by atoms with E-state index in [1.54, 1.807) is 18.2 Å². The van der Waals surface area contributed by atoms with Crippen LogP contribution in [0.3, 0.4) is 0 Å². The first kappa shape index (κ1) is 17.3. The summed E-state index contributed by atoms with van der Waals surface area (Å²) in [5.41, 5.74) is 1.09. The Labute approximate surface area is 155 Å². The number of fused-ring (bicyclic) bond motifs is 1. The monoisotopic (exact) mass is 370 g/mol. The minimum Gasteiger partial charge on any atom is -0.486 e. The zero-order valence-corrected chi connectivity index (χ0v) is 14.6. The molecule has 0 unspecified atom stereocenters. The molecule has 1 fully saturated rings. The SMILES string of the molecule is O=C(NCc1ccc2c(c1)OCCO2)[C@@H]1CC(=O)N(c2ccccc2F)C1. The number of ether oxygens (including phenoxy) is 2. The van der Waals surface area contributed by atoms with Crippen molar-refractivity contribution >= 4 is 17.5 Å². The van der Waals surface area contributed by atoms with Gasteiger partial charge in [-0.15, -0.1) is 0 Å². The molecular weight excluding hydrogens is 351 g/mol. The second kappa shape index (κ2) is 7.26. The maximum atomic E-state index is 13.9. The van der Waals surface area contributed by atoms with Crippen molar-refractivity contribution in [3.8, 4) is 11.5 Å². The molecule has 6 nitrogen and oxygen atoms in total. The number of rotatable bonds is 4. The Morgan fingerprint density at radius 2 is 1.93 bits per heavy atom. The van der Waals surface area contributed by atoms with Gasteiger partial charge >= 0.3 is 0 Å². The molecule has 0 spiro atoms. The van der Waals surface area contributed by atoms with E-state index >= 15 is 0 Å². The summed E-state index contributed by atoms with van der Waals surface area (Å²) in [6.07, 6.45) is 0.0707. The molecule has 2 amide bonds. The van der Waals surface area contributed by atoms with Crippen molar-refractivity contribution in [2.24, 2.45) is 5.92 Å².